The Hall–Kier alpha value is -4.01. The molecular weight excluding hydrogens is 362 g/mol. The number of amides is 4. The lowest BCUT2D eigenvalue weighted by Crippen LogP contribution is -2.49. The van der Waals surface area contributed by atoms with Crippen LogP contribution in [0.1, 0.15) is 22.8 Å². The van der Waals surface area contributed by atoms with Crippen molar-refractivity contribution >= 4 is 23.5 Å². The highest BCUT2D eigenvalue weighted by atomic mass is 16.2. The third kappa shape index (κ3) is 2.60. The highest BCUT2D eigenvalue weighted by Gasteiger charge is 2.50. The number of rotatable bonds is 3. The van der Waals surface area contributed by atoms with E-state index in [1.165, 1.54) is 10.6 Å². The third-order valence-corrected chi connectivity index (χ3v) is 4.61. The van der Waals surface area contributed by atoms with Crippen LogP contribution in [0, 0.1) is 0 Å². The predicted octanol–water partition coefficient (Wildman–Crippen LogP) is 0.806. The summed E-state index contributed by atoms with van der Waals surface area (Å²) in [5.74, 6) is -1.57. The summed E-state index contributed by atoms with van der Waals surface area (Å²) < 4.78 is 1.20. The quantitative estimate of drug-likeness (QED) is 0.656. The molecular formula is C19H15N5O4. The van der Waals surface area contributed by atoms with Gasteiger partial charge >= 0.3 is 6.03 Å². The first-order chi connectivity index (χ1) is 13.4. The largest absolute Gasteiger partial charge is 0.344 e. The number of imide groups is 1. The molecule has 4 amide bonds. The number of nitrogens with one attached hydrogen (secondary N) is 2. The van der Waals surface area contributed by atoms with Gasteiger partial charge in [0.25, 0.3) is 17.4 Å². The highest BCUT2D eigenvalue weighted by molar-refractivity contribution is 6.09. The molecule has 3 aromatic rings. The number of hydrogen-bond acceptors (Lipinski definition) is 5. The van der Waals surface area contributed by atoms with Gasteiger partial charge in [-0.25, -0.2) is 9.78 Å². The van der Waals surface area contributed by atoms with E-state index in [-0.39, 0.29) is 5.56 Å². The number of fused-ring (bicyclic) bond motifs is 1. The van der Waals surface area contributed by atoms with Crippen LogP contribution in [0.2, 0.25) is 0 Å². The van der Waals surface area contributed by atoms with Crippen molar-refractivity contribution in [2.45, 2.75) is 12.5 Å². The van der Waals surface area contributed by atoms with Gasteiger partial charge in [-0.15, -0.1) is 0 Å². The number of carbonyl (C=O) groups is 3. The summed E-state index contributed by atoms with van der Waals surface area (Å²) in [6.45, 7) is 1.54. The summed E-state index contributed by atoms with van der Waals surface area (Å²) >= 11 is 0. The van der Waals surface area contributed by atoms with E-state index in [9.17, 15) is 19.2 Å². The number of urea groups is 1. The van der Waals surface area contributed by atoms with E-state index in [1.807, 2.05) is 0 Å². The van der Waals surface area contributed by atoms with Crippen LogP contribution >= 0.6 is 0 Å². The minimum absolute atomic E-state index is 0.294. The molecule has 1 atom stereocenters. The molecule has 0 bridgehead atoms. The molecule has 1 aliphatic heterocycles. The van der Waals surface area contributed by atoms with Gasteiger partial charge < -0.3 is 5.32 Å². The Bertz CT molecular complexity index is 1170. The zero-order chi connectivity index (χ0) is 19.9. The molecule has 4 rings (SSSR count). The fourth-order valence-electron chi connectivity index (χ4n) is 3.05. The van der Waals surface area contributed by atoms with E-state index in [1.54, 1.807) is 55.5 Å². The first-order valence-electron chi connectivity index (χ1n) is 8.41. The van der Waals surface area contributed by atoms with E-state index in [0.717, 1.165) is 6.20 Å². The Kier molecular flexibility index (Phi) is 3.92. The lowest BCUT2D eigenvalue weighted by molar-refractivity contribution is -0.132. The Morgan fingerprint density at radius 2 is 1.79 bits per heavy atom. The molecule has 1 aromatic carbocycles. The zero-order valence-corrected chi connectivity index (χ0v) is 14.7. The van der Waals surface area contributed by atoms with Crippen molar-refractivity contribution in [2.24, 2.45) is 0 Å². The van der Waals surface area contributed by atoms with E-state index >= 15 is 0 Å². The van der Waals surface area contributed by atoms with Crippen molar-refractivity contribution in [3.8, 4) is 0 Å². The van der Waals surface area contributed by atoms with E-state index in [4.69, 9.17) is 0 Å². The van der Waals surface area contributed by atoms with Gasteiger partial charge in [0.15, 0.2) is 0 Å². The SMILES string of the molecule is C[C@@]1(c2ccccc2)NC(=O)N(NC(=O)c2cnc3ccccn3c2=O)C1=O. The molecule has 3 heterocycles. The highest BCUT2D eigenvalue weighted by Crippen LogP contribution is 2.27. The van der Waals surface area contributed by atoms with E-state index < -0.39 is 28.9 Å². The second kappa shape index (κ2) is 6.31. The molecule has 9 nitrogen and oxygen atoms in total. The lowest BCUT2D eigenvalue weighted by atomic mass is 9.92. The third-order valence-electron chi connectivity index (χ3n) is 4.61. The molecule has 0 saturated carbocycles. The van der Waals surface area contributed by atoms with Crippen LogP contribution in [0.4, 0.5) is 4.79 Å². The van der Waals surface area contributed by atoms with Gasteiger partial charge in [-0.1, -0.05) is 36.4 Å². The maximum Gasteiger partial charge on any atom is 0.344 e. The van der Waals surface area contributed by atoms with Gasteiger partial charge in [-0.2, -0.15) is 5.01 Å². The van der Waals surface area contributed by atoms with Crippen LogP contribution in [-0.4, -0.2) is 32.2 Å². The predicted molar refractivity (Wildman–Crippen MR) is 98.1 cm³/mol. The van der Waals surface area contributed by atoms with Gasteiger partial charge in [0, 0.05) is 12.4 Å². The molecule has 2 N–H and O–H groups in total. The molecule has 1 aliphatic rings. The van der Waals surface area contributed by atoms with Crippen LogP contribution in [0.15, 0.2) is 65.7 Å². The minimum Gasteiger partial charge on any atom is -0.318 e. The number of hydrogen-bond donors (Lipinski definition) is 2. The molecule has 1 fully saturated rings. The molecule has 140 valence electrons. The van der Waals surface area contributed by atoms with Gasteiger partial charge in [0.1, 0.15) is 16.7 Å². The zero-order valence-electron chi connectivity index (χ0n) is 14.7. The van der Waals surface area contributed by atoms with Crippen molar-refractivity contribution in [2.75, 3.05) is 0 Å². The van der Waals surface area contributed by atoms with Crippen LogP contribution in [0.3, 0.4) is 0 Å². The monoisotopic (exact) mass is 377 g/mol. The maximum atomic E-state index is 12.8. The average Bonchev–Trinajstić information content (AvgIpc) is 2.93. The van der Waals surface area contributed by atoms with Crippen LogP contribution in [0.25, 0.3) is 5.65 Å². The van der Waals surface area contributed by atoms with E-state index in [2.05, 4.69) is 15.7 Å². The average molecular weight is 377 g/mol. The molecule has 0 aliphatic carbocycles. The summed E-state index contributed by atoms with van der Waals surface area (Å²) in [7, 11) is 0. The Morgan fingerprint density at radius 3 is 2.54 bits per heavy atom. The van der Waals surface area contributed by atoms with Crippen molar-refractivity contribution in [3.63, 3.8) is 0 Å². The second-order valence-corrected chi connectivity index (χ2v) is 6.41. The van der Waals surface area contributed by atoms with Gasteiger partial charge in [-0.3, -0.25) is 24.2 Å². The van der Waals surface area contributed by atoms with Crippen molar-refractivity contribution < 1.29 is 14.4 Å². The number of nitrogens with zero attached hydrogens (tertiary/aromatic N) is 3. The Labute approximate surface area is 158 Å². The maximum absolute atomic E-state index is 12.8. The van der Waals surface area contributed by atoms with Crippen LogP contribution in [0.5, 0.6) is 0 Å². The Balaban J connectivity index is 1.64. The molecule has 28 heavy (non-hydrogen) atoms. The topological polar surface area (TPSA) is 113 Å². The molecule has 0 spiro atoms. The number of benzene rings is 1. The van der Waals surface area contributed by atoms with Crippen molar-refractivity contribution in [1.82, 2.24) is 25.1 Å². The Morgan fingerprint density at radius 1 is 1.07 bits per heavy atom. The molecule has 1 saturated heterocycles. The van der Waals surface area contributed by atoms with E-state index in [0.29, 0.717) is 16.2 Å². The standard InChI is InChI=1S/C19H15N5O4/c1-19(12-7-3-2-4-8-12)17(27)24(18(28)21-19)22-15(25)13-11-20-14-9-5-6-10-23(14)16(13)26/h2-11H,1H3,(H,21,28)(H,22,25)/t19-/m0/s1. The van der Waals surface area contributed by atoms with Gasteiger partial charge in [0.2, 0.25) is 0 Å². The smallest absolute Gasteiger partial charge is 0.318 e. The fourth-order valence-corrected chi connectivity index (χ4v) is 3.05. The summed E-state index contributed by atoms with van der Waals surface area (Å²) in [5.41, 5.74) is 0.908. The summed E-state index contributed by atoms with van der Waals surface area (Å²) in [6, 6.07) is 12.8. The fraction of sp³-hybridized carbons (Fsp3) is 0.105. The molecule has 0 radical (unpaired) electrons. The summed E-state index contributed by atoms with van der Waals surface area (Å²) in [4.78, 5) is 54.3. The van der Waals surface area contributed by atoms with Crippen molar-refractivity contribution in [3.05, 3.63) is 82.4 Å². The number of hydrazine groups is 1. The van der Waals surface area contributed by atoms with Gasteiger partial charge in [0.05, 0.1) is 0 Å². The number of pyridine rings is 1. The van der Waals surface area contributed by atoms with Crippen molar-refractivity contribution in [1.29, 1.82) is 0 Å². The minimum atomic E-state index is -1.33. The van der Waals surface area contributed by atoms with Gasteiger partial charge in [-0.05, 0) is 24.6 Å². The first kappa shape index (κ1) is 17.4. The van der Waals surface area contributed by atoms with Crippen LogP contribution < -0.4 is 16.3 Å². The first-order valence-corrected chi connectivity index (χ1v) is 8.41. The normalized spacial score (nSPS) is 19.0. The lowest BCUT2D eigenvalue weighted by Gasteiger charge is -2.22. The molecule has 2 aromatic heterocycles. The number of carbonyl (C=O) groups excluding carboxylic acids is 3. The molecule has 9 heteroatoms. The van der Waals surface area contributed by atoms with Crippen LogP contribution in [-0.2, 0) is 10.3 Å². The summed E-state index contributed by atoms with van der Waals surface area (Å²) in [5, 5.41) is 3.15. The summed E-state index contributed by atoms with van der Waals surface area (Å²) in [6.07, 6.45) is 2.59. The second-order valence-electron chi connectivity index (χ2n) is 6.41. The number of aromatic nitrogens is 2. The molecule has 0 unspecified atom stereocenters.